The van der Waals surface area contributed by atoms with Crippen LogP contribution in [0.25, 0.3) is 10.2 Å². The zero-order chi connectivity index (χ0) is 15.3. The quantitative estimate of drug-likeness (QED) is 0.855. The number of fused-ring (bicyclic) bond motifs is 1. The third-order valence-corrected chi connectivity index (χ3v) is 5.94. The smallest absolute Gasteiger partial charge is 0.225 e. The van der Waals surface area contributed by atoms with Crippen molar-refractivity contribution in [3.8, 4) is 0 Å². The molecule has 0 spiro atoms. The second-order valence-corrected chi connectivity index (χ2v) is 7.45. The van der Waals surface area contributed by atoms with Crippen LogP contribution in [-0.2, 0) is 4.79 Å². The predicted octanol–water partition coefficient (Wildman–Crippen LogP) is 2.97. The van der Waals surface area contributed by atoms with Gasteiger partial charge in [0.15, 0.2) is 5.13 Å². The molecule has 1 aliphatic carbocycles. The fourth-order valence-electron chi connectivity index (χ4n) is 3.06. The number of aromatic nitrogens is 1. The Morgan fingerprint density at radius 1 is 1.18 bits per heavy atom. The van der Waals surface area contributed by atoms with Crippen LogP contribution in [0.2, 0.25) is 0 Å². The molecule has 1 aliphatic heterocycles. The van der Waals surface area contributed by atoms with Gasteiger partial charge in [0, 0.05) is 32.1 Å². The summed E-state index contributed by atoms with van der Waals surface area (Å²) in [6.07, 6.45) is 2.19. The maximum atomic E-state index is 12.1. The predicted molar refractivity (Wildman–Crippen MR) is 90.6 cm³/mol. The molecule has 4 rings (SSSR count). The van der Waals surface area contributed by atoms with Gasteiger partial charge in [0.1, 0.15) is 0 Å². The van der Waals surface area contributed by atoms with Gasteiger partial charge >= 0.3 is 0 Å². The van der Waals surface area contributed by atoms with Crippen molar-refractivity contribution in [3.63, 3.8) is 0 Å². The van der Waals surface area contributed by atoms with E-state index in [1.54, 1.807) is 11.3 Å². The Labute approximate surface area is 134 Å². The van der Waals surface area contributed by atoms with Crippen LogP contribution in [0, 0.1) is 19.8 Å². The highest BCUT2D eigenvalue weighted by atomic mass is 32.1. The highest BCUT2D eigenvalue weighted by Crippen LogP contribution is 2.34. The number of hydrogen-bond acceptors (Lipinski definition) is 4. The van der Waals surface area contributed by atoms with Crippen LogP contribution >= 0.6 is 11.3 Å². The van der Waals surface area contributed by atoms with Gasteiger partial charge in [-0.2, -0.15) is 0 Å². The van der Waals surface area contributed by atoms with E-state index in [4.69, 9.17) is 4.98 Å². The summed E-state index contributed by atoms with van der Waals surface area (Å²) >= 11 is 1.77. The van der Waals surface area contributed by atoms with Gasteiger partial charge in [-0.1, -0.05) is 17.4 Å². The second-order valence-electron chi connectivity index (χ2n) is 6.44. The molecule has 2 aliphatic rings. The average Bonchev–Trinajstić information content (AvgIpc) is 3.30. The summed E-state index contributed by atoms with van der Waals surface area (Å²) in [7, 11) is 0. The molecule has 1 saturated carbocycles. The van der Waals surface area contributed by atoms with Crippen molar-refractivity contribution in [1.82, 2.24) is 9.88 Å². The molecule has 1 aromatic carbocycles. The summed E-state index contributed by atoms with van der Waals surface area (Å²) in [5.74, 6) is 0.704. The van der Waals surface area contributed by atoms with E-state index in [1.165, 1.54) is 15.8 Å². The monoisotopic (exact) mass is 315 g/mol. The third-order valence-electron chi connectivity index (χ3n) is 4.86. The fraction of sp³-hybridized carbons (Fsp3) is 0.529. The highest BCUT2D eigenvalue weighted by molar-refractivity contribution is 7.22. The molecule has 2 fully saturated rings. The first kappa shape index (κ1) is 14.0. The van der Waals surface area contributed by atoms with E-state index in [2.05, 4.69) is 30.9 Å². The first-order chi connectivity index (χ1) is 10.6. The average molecular weight is 315 g/mol. The highest BCUT2D eigenvalue weighted by Gasteiger charge is 2.34. The van der Waals surface area contributed by atoms with Gasteiger partial charge in [0.25, 0.3) is 0 Å². The summed E-state index contributed by atoms with van der Waals surface area (Å²) in [5, 5.41) is 1.10. The van der Waals surface area contributed by atoms with E-state index in [0.29, 0.717) is 11.8 Å². The Kier molecular flexibility index (Phi) is 3.33. The van der Waals surface area contributed by atoms with Crippen molar-refractivity contribution in [2.45, 2.75) is 26.7 Å². The van der Waals surface area contributed by atoms with Gasteiger partial charge in [-0.25, -0.2) is 4.98 Å². The van der Waals surface area contributed by atoms with E-state index in [1.807, 2.05) is 4.90 Å². The first-order valence-electron chi connectivity index (χ1n) is 8.04. The lowest BCUT2D eigenvalue weighted by atomic mass is 10.1. The molecule has 0 N–H and O–H groups in total. The number of piperazine rings is 1. The van der Waals surface area contributed by atoms with Crippen LogP contribution in [-0.4, -0.2) is 42.0 Å². The number of carbonyl (C=O) groups is 1. The molecule has 2 heterocycles. The van der Waals surface area contributed by atoms with Crippen LogP contribution in [0.4, 0.5) is 5.13 Å². The van der Waals surface area contributed by atoms with Crippen LogP contribution in [0.1, 0.15) is 24.0 Å². The molecule has 1 amide bonds. The van der Waals surface area contributed by atoms with E-state index in [-0.39, 0.29) is 0 Å². The Bertz CT molecular complexity index is 727. The minimum absolute atomic E-state index is 0.333. The van der Waals surface area contributed by atoms with Crippen molar-refractivity contribution in [2.75, 3.05) is 31.1 Å². The van der Waals surface area contributed by atoms with Crippen molar-refractivity contribution in [2.24, 2.45) is 5.92 Å². The summed E-state index contributed by atoms with van der Waals surface area (Å²) in [6, 6.07) is 4.34. The molecule has 2 aromatic rings. The van der Waals surface area contributed by atoms with Gasteiger partial charge in [-0.15, -0.1) is 0 Å². The molecule has 4 nitrogen and oxygen atoms in total. The molecular formula is C17H21N3OS. The van der Waals surface area contributed by atoms with E-state index < -0.39 is 0 Å². The van der Waals surface area contributed by atoms with Gasteiger partial charge in [-0.3, -0.25) is 4.79 Å². The number of amides is 1. The second kappa shape index (κ2) is 5.23. The molecular weight excluding hydrogens is 294 g/mol. The molecule has 0 bridgehead atoms. The standard InChI is InChI=1S/C17H21N3OS/c1-11-3-6-14-15(12(11)2)18-17(22-14)20-9-7-19(8-10-20)16(21)13-4-5-13/h3,6,13H,4-5,7-10H2,1-2H3. The zero-order valence-corrected chi connectivity index (χ0v) is 13.9. The molecule has 22 heavy (non-hydrogen) atoms. The number of benzene rings is 1. The summed E-state index contributed by atoms with van der Waals surface area (Å²) in [6.45, 7) is 7.75. The molecule has 0 atom stereocenters. The number of rotatable bonds is 2. The number of anilines is 1. The lowest BCUT2D eigenvalue weighted by molar-refractivity contribution is -0.132. The summed E-state index contributed by atoms with van der Waals surface area (Å²) in [4.78, 5) is 21.3. The largest absolute Gasteiger partial charge is 0.345 e. The van der Waals surface area contributed by atoms with E-state index in [9.17, 15) is 4.79 Å². The lowest BCUT2D eigenvalue weighted by Gasteiger charge is -2.34. The number of hydrogen-bond donors (Lipinski definition) is 0. The zero-order valence-electron chi connectivity index (χ0n) is 13.1. The van der Waals surface area contributed by atoms with Gasteiger partial charge in [0.2, 0.25) is 5.91 Å². The minimum Gasteiger partial charge on any atom is -0.345 e. The van der Waals surface area contributed by atoms with Crippen molar-refractivity contribution in [1.29, 1.82) is 0 Å². The maximum Gasteiger partial charge on any atom is 0.225 e. The normalized spacial score (nSPS) is 19.0. The van der Waals surface area contributed by atoms with Gasteiger partial charge in [0.05, 0.1) is 10.2 Å². The Morgan fingerprint density at radius 2 is 1.91 bits per heavy atom. The molecule has 5 heteroatoms. The molecule has 0 radical (unpaired) electrons. The minimum atomic E-state index is 0.333. The van der Waals surface area contributed by atoms with Crippen LogP contribution in [0.3, 0.4) is 0 Å². The van der Waals surface area contributed by atoms with Crippen molar-refractivity contribution < 1.29 is 4.79 Å². The summed E-state index contributed by atoms with van der Waals surface area (Å²) < 4.78 is 1.26. The van der Waals surface area contributed by atoms with Crippen molar-refractivity contribution in [3.05, 3.63) is 23.3 Å². The number of carbonyl (C=O) groups excluding carboxylic acids is 1. The number of nitrogens with zero attached hydrogens (tertiary/aromatic N) is 3. The van der Waals surface area contributed by atoms with Crippen LogP contribution < -0.4 is 4.90 Å². The maximum absolute atomic E-state index is 12.1. The number of thiazole rings is 1. The number of aryl methyl sites for hydroxylation is 2. The fourth-order valence-corrected chi connectivity index (χ4v) is 4.13. The molecule has 1 aromatic heterocycles. The van der Waals surface area contributed by atoms with E-state index >= 15 is 0 Å². The molecule has 0 unspecified atom stereocenters. The molecule has 1 saturated heterocycles. The first-order valence-corrected chi connectivity index (χ1v) is 8.85. The van der Waals surface area contributed by atoms with Crippen LogP contribution in [0.15, 0.2) is 12.1 Å². The summed E-state index contributed by atoms with van der Waals surface area (Å²) in [5.41, 5.74) is 3.71. The van der Waals surface area contributed by atoms with Gasteiger partial charge < -0.3 is 9.80 Å². The Hall–Kier alpha value is -1.62. The Morgan fingerprint density at radius 3 is 2.59 bits per heavy atom. The SMILES string of the molecule is Cc1ccc2sc(N3CCN(C(=O)C4CC4)CC3)nc2c1C. The van der Waals surface area contributed by atoms with E-state index in [0.717, 1.165) is 49.7 Å². The molecule has 116 valence electrons. The van der Waals surface area contributed by atoms with Crippen LogP contribution in [0.5, 0.6) is 0 Å². The topological polar surface area (TPSA) is 36.4 Å². The Balaban J connectivity index is 1.51. The third kappa shape index (κ3) is 2.37. The van der Waals surface area contributed by atoms with Gasteiger partial charge in [-0.05, 0) is 43.9 Å². The van der Waals surface area contributed by atoms with Crippen molar-refractivity contribution >= 4 is 32.6 Å². The lowest BCUT2D eigenvalue weighted by Crippen LogP contribution is -2.49.